The molecule has 0 heterocycles. The zero-order valence-electron chi connectivity index (χ0n) is 10.7. The van der Waals surface area contributed by atoms with Crippen molar-refractivity contribution in [3.05, 3.63) is 33.3 Å². The van der Waals surface area contributed by atoms with E-state index in [1.165, 1.54) is 12.1 Å². The molecule has 0 saturated carbocycles. The van der Waals surface area contributed by atoms with Gasteiger partial charge in [0.25, 0.3) is 0 Å². The number of halogens is 1. The summed E-state index contributed by atoms with van der Waals surface area (Å²) in [5, 5.41) is 9.10. The Morgan fingerprint density at radius 2 is 1.78 bits per heavy atom. The van der Waals surface area contributed by atoms with Gasteiger partial charge in [-0.2, -0.15) is 0 Å². The highest BCUT2D eigenvalue weighted by Gasteiger charge is 2.23. The molecule has 0 fully saturated rings. The van der Waals surface area contributed by atoms with E-state index in [1.54, 1.807) is 27.7 Å². The number of aryl methyl sites for hydroxylation is 1. The maximum Gasteiger partial charge on any atom is 0.339 e. The molecule has 0 aliphatic heterocycles. The van der Waals surface area contributed by atoms with Gasteiger partial charge in [0.05, 0.1) is 11.1 Å². The maximum atomic E-state index is 11.9. The van der Waals surface area contributed by atoms with Crippen molar-refractivity contribution >= 4 is 27.9 Å². The van der Waals surface area contributed by atoms with Crippen LogP contribution in [0, 0.1) is 6.92 Å². The van der Waals surface area contributed by atoms with Crippen molar-refractivity contribution in [3.63, 3.8) is 0 Å². The molecular weight excluding hydrogens is 300 g/mol. The fourth-order valence-electron chi connectivity index (χ4n) is 1.36. The summed E-state index contributed by atoms with van der Waals surface area (Å²) in [6.07, 6.45) is 0. The van der Waals surface area contributed by atoms with Gasteiger partial charge in [-0.25, -0.2) is 9.59 Å². The molecule has 0 aliphatic carbocycles. The van der Waals surface area contributed by atoms with E-state index >= 15 is 0 Å². The third kappa shape index (κ3) is 3.57. The number of carbonyl (C=O) groups is 2. The van der Waals surface area contributed by atoms with E-state index in [2.05, 4.69) is 15.9 Å². The Morgan fingerprint density at radius 1 is 1.22 bits per heavy atom. The van der Waals surface area contributed by atoms with E-state index in [0.717, 1.165) is 5.56 Å². The van der Waals surface area contributed by atoms with Crippen LogP contribution in [-0.2, 0) is 4.74 Å². The zero-order valence-corrected chi connectivity index (χ0v) is 12.3. The fourth-order valence-corrected chi connectivity index (χ4v) is 1.70. The molecule has 18 heavy (non-hydrogen) atoms. The lowest BCUT2D eigenvalue weighted by Crippen LogP contribution is -2.25. The minimum atomic E-state index is -1.16. The Morgan fingerprint density at radius 3 is 2.22 bits per heavy atom. The molecule has 0 aromatic heterocycles. The summed E-state index contributed by atoms with van der Waals surface area (Å²) in [6.45, 7) is 6.98. The Kier molecular flexibility index (Phi) is 4.16. The van der Waals surface area contributed by atoms with Crippen LogP contribution in [0.4, 0.5) is 0 Å². The first kappa shape index (κ1) is 14.7. The lowest BCUT2D eigenvalue weighted by molar-refractivity contribution is 0.00657. The number of carbonyl (C=O) groups excluding carboxylic acids is 1. The molecule has 0 aliphatic rings. The van der Waals surface area contributed by atoms with Gasteiger partial charge in [-0.1, -0.05) is 15.9 Å². The highest BCUT2D eigenvalue weighted by atomic mass is 79.9. The Hall–Kier alpha value is -1.36. The molecule has 1 rings (SSSR count). The Balaban J connectivity index is 3.26. The number of rotatable bonds is 2. The second-order valence-electron chi connectivity index (χ2n) is 4.95. The van der Waals surface area contributed by atoms with Gasteiger partial charge in [0.2, 0.25) is 0 Å². The first-order chi connectivity index (χ1) is 8.11. The molecule has 1 aromatic carbocycles. The summed E-state index contributed by atoms with van der Waals surface area (Å²) < 4.78 is 5.84. The molecule has 98 valence electrons. The van der Waals surface area contributed by atoms with E-state index in [9.17, 15) is 9.59 Å². The lowest BCUT2D eigenvalue weighted by Gasteiger charge is -2.20. The molecule has 0 radical (unpaired) electrons. The van der Waals surface area contributed by atoms with E-state index < -0.39 is 17.5 Å². The number of ether oxygens (including phenoxy) is 1. The molecule has 0 amide bonds. The molecule has 0 bridgehead atoms. The van der Waals surface area contributed by atoms with Gasteiger partial charge in [0.15, 0.2) is 0 Å². The maximum absolute atomic E-state index is 11.9. The number of carboxylic acid groups (broad SMARTS) is 1. The number of carboxylic acids is 1. The molecule has 1 aromatic rings. The third-order valence-electron chi connectivity index (χ3n) is 2.15. The van der Waals surface area contributed by atoms with Crippen LogP contribution in [0.2, 0.25) is 0 Å². The predicted octanol–water partition coefficient (Wildman–Crippen LogP) is 3.41. The van der Waals surface area contributed by atoms with Crippen LogP contribution >= 0.6 is 15.9 Å². The van der Waals surface area contributed by atoms with Gasteiger partial charge in [-0.3, -0.25) is 0 Å². The van der Waals surface area contributed by atoms with Crippen molar-refractivity contribution in [3.8, 4) is 0 Å². The van der Waals surface area contributed by atoms with Crippen molar-refractivity contribution < 1.29 is 19.4 Å². The number of esters is 1. The van der Waals surface area contributed by atoms with Gasteiger partial charge in [-0.15, -0.1) is 0 Å². The van der Waals surface area contributed by atoms with Crippen LogP contribution < -0.4 is 0 Å². The third-order valence-corrected chi connectivity index (χ3v) is 3.00. The average molecular weight is 315 g/mol. The topological polar surface area (TPSA) is 63.6 Å². The molecule has 5 heteroatoms. The SMILES string of the molecule is Cc1cc(C(=O)OC(C)(C)C)c(C(=O)O)cc1Br. The molecule has 0 spiro atoms. The summed E-state index contributed by atoms with van der Waals surface area (Å²) in [5.41, 5.74) is 0.120. The molecule has 0 unspecified atom stereocenters. The van der Waals surface area contributed by atoms with Crippen molar-refractivity contribution in [1.29, 1.82) is 0 Å². The minimum Gasteiger partial charge on any atom is -0.478 e. The summed E-state index contributed by atoms with van der Waals surface area (Å²) in [7, 11) is 0. The van der Waals surface area contributed by atoms with E-state index in [4.69, 9.17) is 9.84 Å². The van der Waals surface area contributed by atoms with Crippen molar-refractivity contribution in [2.24, 2.45) is 0 Å². The van der Waals surface area contributed by atoms with Crippen LogP contribution in [0.25, 0.3) is 0 Å². The summed E-state index contributed by atoms with van der Waals surface area (Å²) in [5.74, 6) is -1.79. The number of hydrogen-bond acceptors (Lipinski definition) is 3. The predicted molar refractivity (Wildman–Crippen MR) is 71.0 cm³/mol. The fraction of sp³-hybridized carbons (Fsp3) is 0.385. The van der Waals surface area contributed by atoms with Crippen molar-refractivity contribution in [2.45, 2.75) is 33.3 Å². The highest BCUT2D eigenvalue weighted by molar-refractivity contribution is 9.10. The monoisotopic (exact) mass is 314 g/mol. The Bertz CT molecular complexity index is 500. The molecule has 4 nitrogen and oxygen atoms in total. The number of benzene rings is 1. The van der Waals surface area contributed by atoms with Crippen molar-refractivity contribution in [1.82, 2.24) is 0 Å². The van der Waals surface area contributed by atoms with Crippen LogP contribution in [0.15, 0.2) is 16.6 Å². The summed E-state index contributed by atoms with van der Waals surface area (Å²) in [4.78, 5) is 23.1. The minimum absolute atomic E-state index is 0.0677. The number of aromatic carboxylic acids is 1. The standard InChI is InChI=1S/C13H15BrO4/c1-7-5-9(12(17)18-13(2,3)4)8(11(15)16)6-10(7)14/h5-6H,1-4H3,(H,15,16). The molecule has 0 saturated heterocycles. The quantitative estimate of drug-likeness (QED) is 0.850. The normalized spacial score (nSPS) is 11.2. The summed E-state index contributed by atoms with van der Waals surface area (Å²) in [6, 6.07) is 2.93. The van der Waals surface area contributed by atoms with Gasteiger partial charge in [0.1, 0.15) is 5.60 Å². The molecular formula is C13H15BrO4. The largest absolute Gasteiger partial charge is 0.478 e. The van der Waals surface area contributed by atoms with Gasteiger partial charge >= 0.3 is 11.9 Å². The highest BCUT2D eigenvalue weighted by Crippen LogP contribution is 2.23. The Labute approximate surface area is 114 Å². The van der Waals surface area contributed by atoms with E-state index in [-0.39, 0.29) is 11.1 Å². The van der Waals surface area contributed by atoms with Crippen LogP contribution in [0.3, 0.4) is 0 Å². The zero-order chi connectivity index (χ0) is 14.1. The first-order valence-electron chi connectivity index (χ1n) is 5.38. The van der Waals surface area contributed by atoms with E-state index in [1.807, 2.05) is 0 Å². The van der Waals surface area contributed by atoms with Gasteiger partial charge in [-0.05, 0) is 45.4 Å². The summed E-state index contributed by atoms with van der Waals surface area (Å²) >= 11 is 3.24. The van der Waals surface area contributed by atoms with E-state index in [0.29, 0.717) is 4.47 Å². The van der Waals surface area contributed by atoms with Crippen molar-refractivity contribution in [2.75, 3.05) is 0 Å². The first-order valence-corrected chi connectivity index (χ1v) is 6.18. The lowest BCUT2D eigenvalue weighted by atomic mass is 10.0. The van der Waals surface area contributed by atoms with Crippen LogP contribution in [0.1, 0.15) is 47.1 Å². The van der Waals surface area contributed by atoms with Gasteiger partial charge in [0, 0.05) is 4.47 Å². The molecule has 1 N–H and O–H groups in total. The second kappa shape index (κ2) is 5.10. The second-order valence-corrected chi connectivity index (χ2v) is 5.81. The van der Waals surface area contributed by atoms with Gasteiger partial charge < -0.3 is 9.84 Å². The average Bonchev–Trinajstić information content (AvgIpc) is 2.18. The smallest absolute Gasteiger partial charge is 0.339 e. The van der Waals surface area contributed by atoms with Crippen LogP contribution in [-0.4, -0.2) is 22.6 Å². The number of hydrogen-bond donors (Lipinski definition) is 1. The molecule has 0 atom stereocenters. The van der Waals surface area contributed by atoms with Crippen LogP contribution in [0.5, 0.6) is 0 Å².